The summed E-state index contributed by atoms with van der Waals surface area (Å²) >= 11 is 3.35. The minimum absolute atomic E-state index is 0.536. The van der Waals surface area contributed by atoms with E-state index in [4.69, 9.17) is 15.1 Å². The van der Waals surface area contributed by atoms with Gasteiger partial charge in [0.15, 0.2) is 6.10 Å². The van der Waals surface area contributed by atoms with Crippen LogP contribution in [-0.4, -0.2) is 17.2 Å². The molecule has 0 aliphatic heterocycles. The molecule has 0 heterocycles. The summed E-state index contributed by atoms with van der Waals surface area (Å²) in [6, 6.07) is 5.67. The van der Waals surface area contributed by atoms with Crippen molar-refractivity contribution in [3.05, 3.63) is 33.8 Å². The van der Waals surface area contributed by atoms with Crippen LogP contribution in [0.3, 0.4) is 0 Å². The Hall–Kier alpha value is -1.80. The number of halogens is 1. The molecule has 0 aliphatic rings. The van der Waals surface area contributed by atoms with E-state index in [1.54, 1.807) is 6.07 Å². The number of rotatable bonds is 5. The molecule has 5 heteroatoms. The summed E-state index contributed by atoms with van der Waals surface area (Å²) in [5, 5.41) is 17.6. The van der Waals surface area contributed by atoms with Gasteiger partial charge in [0, 0.05) is 16.1 Å². The van der Waals surface area contributed by atoms with Crippen molar-refractivity contribution < 1.29 is 14.6 Å². The molecule has 0 aliphatic carbocycles. The SMILES string of the molecule is CCC(C#N)Oc1c(C)cc(Br)cc1/C=C/C(=O)O. The number of hydrogen-bond acceptors (Lipinski definition) is 3. The van der Waals surface area contributed by atoms with Crippen molar-refractivity contribution >= 4 is 28.0 Å². The van der Waals surface area contributed by atoms with Crippen molar-refractivity contribution in [2.75, 3.05) is 0 Å². The Labute approximate surface area is 120 Å². The molecular weight excluding hydrogens is 310 g/mol. The molecule has 19 heavy (non-hydrogen) atoms. The van der Waals surface area contributed by atoms with Gasteiger partial charge in [-0.15, -0.1) is 0 Å². The minimum atomic E-state index is -1.03. The first kappa shape index (κ1) is 15.3. The van der Waals surface area contributed by atoms with Crippen LogP contribution in [0.15, 0.2) is 22.7 Å². The maximum absolute atomic E-state index is 10.6. The fourth-order valence-corrected chi connectivity index (χ4v) is 2.13. The van der Waals surface area contributed by atoms with Crippen LogP contribution >= 0.6 is 15.9 Å². The molecule has 0 aromatic heterocycles. The molecule has 1 N–H and O–H groups in total. The first-order valence-electron chi connectivity index (χ1n) is 5.75. The van der Waals surface area contributed by atoms with Gasteiger partial charge in [0.2, 0.25) is 0 Å². The van der Waals surface area contributed by atoms with Gasteiger partial charge in [-0.1, -0.05) is 22.9 Å². The molecule has 0 saturated heterocycles. The first-order chi connectivity index (χ1) is 8.97. The monoisotopic (exact) mass is 323 g/mol. The summed E-state index contributed by atoms with van der Waals surface area (Å²) in [7, 11) is 0. The van der Waals surface area contributed by atoms with Crippen LogP contribution in [0.1, 0.15) is 24.5 Å². The van der Waals surface area contributed by atoms with E-state index >= 15 is 0 Å². The third-order valence-corrected chi connectivity index (χ3v) is 2.91. The molecule has 0 bridgehead atoms. The van der Waals surface area contributed by atoms with E-state index in [-0.39, 0.29) is 0 Å². The van der Waals surface area contributed by atoms with E-state index in [1.807, 2.05) is 19.9 Å². The van der Waals surface area contributed by atoms with Gasteiger partial charge in [0.1, 0.15) is 11.8 Å². The van der Waals surface area contributed by atoms with Crippen LogP contribution in [-0.2, 0) is 4.79 Å². The Bertz CT molecular complexity index is 546. The number of ether oxygens (including phenoxy) is 1. The zero-order valence-electron chi connectivity index (χ0n) is 10.7. The topological polar surface area (TPSA) is 70.3 Å². The van der Waals surface area contributed by atoms with Gasteiger partial charge in [-0.05, 0) is 37.1 Å². The highest BCUT2D eigenvalue weighted by molar-refractivity contribution is 9.10. The molecule has 4 nitrogen and oxygen atoms in total. The molecule has 0 spiro atoms. The Morgan fingerprint density at radius 3 is 2.84 bits per heavy atom. The number of benzene rings is 1. The summed E-state index contributed by atoms with van der Waals surface area (Å²) in [5.74, 6) is -0.495. The van der Waals surface area contributed by atoms with E-state index < -0.39 is 12.1 Å². The lowest BCUT2D eigenvalue weighted by atomic mass is 10.1. The van der Waals surface area contributed by atoms with Gasteiger partial charge in [0.25, 0.3) is 0 Å². The predicted octanol–water partition coefficient (Wildman–Crippen LogP) is 3.54. The van der Waals surface area contributed by atoms with Crippen molar-refractivity contribution in [3.8, 4) is 11.8 Å². The van der Waals surface area contributed by atoms with E-state index in [0.717, 1.165) is 16.1 Å². The number of carboxylic acid groups (broad SMARTS) is 1. The first-order valence-corrected chi connectivity index (χ1v) is 6.54. The third-order valence-electron chi connectivity index (χ3n) is 2.45. The van der Waals surface area contributed by atoms with E-state index in [0.29, 0.717) is 17.7 Å². The lowest BCUT2D eigenvalue weighted by molar-refractivity contribution is -0.131. The van der Waals surface area contributed by atoms with Crippen LogP contribution in [0.4, 0.5) is 0 Å². The highest BCUT2D eigenvalue weighted by Gasteiger charge is 2.12. The van der Waals surface area contributed by atoms with E-state index in [1.165, 1.54) is 6.08 Å². The zero-order valence-corrected chi connectivity index (χ0v) is 12.3. The van der Waals surface area contributed by atoms with Gasteiger partial charge in [-0.25, -0.2) is 4.79 Å². The second-order valence-corrected chi connectivity index (χ2v) is 4.87. The summed E-state index contributed by atoms with van der Waals surface area (Å²) in [4.78, 5) is 10.6. The van der Waals surface area contributed by atoms with Crippen molar-refractivity contribution in [1.29, 1.82) is 5.26 Å². The van der Waals surface area contributed by atoms with Crippen LogP contribution in [0, 0.1) is 18.3 Å². The van der Waals surface area contributed by atoms with Crippen LogP contribution in [0.2, 0.25) is 0 Å². The van der Waals surface area contributed by atoms with Crippen molar-refractivity contribution in [2.45, 2.75) is 26.4 Å². The second kappa shape index (κ2) is 6.95. The Morgan fingerprint density at radius 1 is 1.63 bits per heavy atom. The Kier molecular flexibility index (Phi) is 5.58. The molecule has 0 radical (unpaired) electrons. The Morgan fingerprint density at radius 2 is 2.32 bits per heavy atom. The van der Waals surface area contributed by atoms with Crippen molar-refractivity contribution in [2.24, 2.45) is 0 Å². The summed E-state index contributed by atoms with van der Waals surface area (Å²) in [6.07, 6.45) is 2.52. The van der Waals surface area contributed by atoms with Crippen LogP contribution < -0.4 is 4.74 Å². The molecule has 100 valence electrons. The quantitative estimate of drug-likeness (QED) is 0.841. The van der Waals surface area contributed by atoms with Crippen LogP contribution in [0.5, 0.6) is 5.75 Å². The standard InChI is InChI=1S/C14H14BrNO3/c1-3-12(8-16)19-14-9(2)6-11(15)7-10(14)4-5-13(17)18/h4-7,12H,3H2,1-2H3,(H,17,18)/b5-4+. The van der Waals surface area contributed by atoms with Crippen LogP contribution in [0.25, 0.3) is 6.08 Å². The highest BCUT2D eigenvalue weighted by Crippen LogP contribution is 2.30. The number of aryl methyl sites for hydroxylation is 1. The number of hydrogen-bond donors (Lipinski definition) is 1. The number of nitriles is 1. The normalized spacial score (nSPS) is 12.1. The molecule has 1 rings (SSSR count). The zero-order chi connectivity index (χ0) is 14.4. The van der Waals surface area contributed by atoms with Gasteiger partial charge < -0.3 is 9.84 Å². The second-order valence-electron chi connectivity index (χ2n) is 3.96. The molecule has 0 fully saturated rings. The molecular formula is C14H14BrNO3. The van der Waals surface area contributed by atoms with Gasteiger partial charge >= 0.3 is 5.97 Å². The highest BCUT2D eigenvalue weighted by atomic mass is 79.9. The molecule has 1 aromatic rings. The number of nitrogens with zero attached hydrogens (tertiary/aromatic N) is 1. The smallest absolute Gasteiger partial charge is 0.328 e. The molecule has 1 atom stereocenters. The number of carbonyl (C=O) groups is 1. The average molecular weight is 324 g/mol. The molecule has 1 unspecified atom stereocenters. The summed E-state index contributed by atoms with van der Waals surface area (Å²) in [5.41, 5.74) is 1.47. The van der Waals surface area contributed by atoms with E-state index in [9.17, 15) is 4.79 Å². The Balaban J connectivity index is 3.20. The van der Waals surface area contributed by atoms with Crippen molar-refractivity contribution in [1.82, 2.24) is 0 Å². The lowest BCUT2D eigenvalue weighted by Gasteiger charge is -2.15. The lowest BCUT2D eigenvalue weighted by Crippen LogP contribution is -2.13. The fraction of sp³-hybridized carbons (Fsp3) is 0.286. The van der Waals surface area contributed by atoms with Gasteiger partial charge in [0.05, 0.1) is 0 Å². The molecule has 0 saturated carbocycles. The van der Waals surface area contributed by atoms with Gasteiger partial charge in [-0.3, -0.25) is 0 Å². The number of aliphatic carboxylic acids is 1. The maximum atomic E-state index is 10.6. The average Bonchev–Trinajstić information content (AvgIpc) is 2.35. The summed E-state index contributed by atoms with van der Waals surface area (Å²) < 4.78 is 6.46. The molecule has 1 aromatic carbocycles. The van der Waals surface area contributed by atoms with Gasteiger partial charge in [-0.2, -0.15) is 5.26 Å². The largest absolute Gasteiger partial charge is 0.478 e. The minimum Gasteiger partial charge on any atom is -0.478 e. The summed E-state index contributed by atoms with van der Waals surface area (Å²) in [6.45, 7) is 3.71. The maximum Gasteiger partial charge on any atom is 0.328 e. The van der Waals surface area contributed by atoms with E-state index in [2.05, 4.69) is 22.0 Å². The molecule has 0 amide bonds. The fourth-order valence-electron chi connectivity index (χ4n) is 1.54. The third kappa shape index (κ3) is 4.42. The van der Waals surface area contributed by atoms with Crippen molar-refractivity contribution in [3.63, 3.8) is 0 Å². The predicted molar refractivity (Wildman–Crippen MR) is 75.9 cm³/mol. The number of carboxylic acids is 1.